The summed E-state index contributed by atoms with van der Waals surface area (Å²) in [6, 6.07) is 168. The number of hydrogen-bond donors (Lipinski definition) is 0. The van der Waals surface area contributed by atoms with Gasteiger partial charge >= 0.3 is 40.2 Å². The van der Waals surface area contributed by atoms with Crippen molar-refractivity contribution >= 4 is 0 Å². The van der Waals surface area contributed by atoms with Gasteiger partial charge in [0, 0.05) is 59.4 Å². The molecule has 5 heterocycles. The van der Waals surface area contributed by atoms with E-state index in [9.17, 15) is 0 Å². The molecule has 0 radical (unpaired) electrons. The average molecular weight is 2120 g/mol. The number of pyridine rings is 4. The maximum atomic E-state index is 5.15. The summed E-state index contributed by atoms with van der Waals surface area (Å²) >= 11 is 0. The molecule has 22 rings (SSSR count). The van der Waals surface area contributed by atoms with Gasteiger partial charge < -0.3 is 29.9 Å². The molecule has 0 aliphatic heterocycles. The minimum atomic E-state index is 0. The van der Waals surface area contributed by atoms with Crippen LogP contribution in [0.1, 0.15) is 22.3 Å². The molecular formula is C130H86Ir2N6. The van der Waals surface area contributed by atoms with Gasteiger partial charge in [0.2, 0.25) is 0 Å². The third kappa shape index (κ3) is 18.5. The van der Waals surface area contributed by atoms with Gasteiger partial charge in [-0.2, -0.15) is 5.56 Å². The van der Waals surface area contributed by atoms with Crippen LogP contribution in [0.2, 0.25) is 0 Å². The summed E-state index contributed by atoms with van der Waals surface area (Å²) in [5, 5.41) is 0. The monoisotopic (exact) mass is 2120 g/mol. The first-order valence-electron chi connectivity index (χ1n) is 45.9. The maximum absolute atomic E-state index is 5.15. The van der Waals surface area contributed by atoms with Crippen LogP contribution in [-0.4, -0.2) is 29.9 Å². The van der Waals surface area contributed by atoms with Crippen LogP contribution < -0.4 is 0 Å². The first-order valence-corrected chi connectivity index (χ1v) is 45.9. The minimum Gasteiger partial charge on any atom is -0.332 e. The number of benzene rings is 17. The second kappa shape index (κ2) is 40.1. The minimum absolute atomic E-state index is 0. The van der Waals surface area contributed by atoms with E-state index in [1.54, 1.807) is 0 Å². The molecule has 654 valence electrons. The van der Waals surface area contributed by atoms with Crippen molar-refractivity contribution in [1.29, 1.82) is 0 Å². The zero-order chi connectivity index (χ0) is 91.4. The van der Waals surface area contributed by atoms with Gasteiger partial charge in [-0.3, -0.25) is 12.1 Å². The normalized spacial score (nSPS) is 11.1. The zero-order valence-electron chi connectivity index (χ0n) is 76.1. The van der Waals surface area contributed by atoms with E-state index in [0.717, 1.165) is 245 Å². The predicted molar refractivity (Wildman–Crippen MR) is 559 cm³/mol. The molecule has 0 amide bonds. The van der Waals surface area contributed by atoms with Crippen molar-refractivity contribution in [3.63, 3.8) is 0 Å². The number of aromatic nitrogens is 6. The molecule has 5 aromatic heterocycles. The molecule has 6 nitrogen and oxygen atoms in total. The Balaban J connectivity index is 0.00000587. The molecule has 0 fully saturated rings. The fourth-order valence-corrected chi connectivity index (χ4v) is 18.8. The fraction of sp³-hybridized carbons (Fsp3) is 0.0308. The first-order chi connectivity index (χ1) is 67.0. The Morgan fingerprint density at radius 1 is 0.152 bits per heavy atom. The van der Waals surface area contributed by atoms with E-state index in [-0.39, 0.29) is 40.2 Å². The van der Waals surface area contributed by atoms with Crippen molar-refractivity contribution in [3.05, 3.63) is 508 Å². The Morgan fingerprint density at radius 2 is 0.377 bits per heavy atom. The van der Waals surface area contributed by atoms with Gasteiger partial charge in [0.05, 0.1) is 0 Å². The zero-order valence-corrected chi connectivity index (χ0v) is 80.9. The molecule has 0 atom stereocenters. The number of hydrogen-bond acceptors (Lipinski definition) is 6. The molecule has 0 saturated carbocycles. The second-order valence-electron chi connectivity index (χ2n) is 34.5. The summed E-state index contributed by atoms with van der Waals surface area (Å²) in [6.07, 6.45) is 11.8. The van der Waals surface area contributed by atoms with Crippen LogP contribution in [0, 0.1) is 64.1 Å². The van der Waals surface area contributed by atoms with Gasteiger partial charge in [0.15, 0.2) is 0 Å². The molecule has 0 bridgehead atoms. The molecule has 8 heteroatoms. The summed E-state index contributed by atoms with van der Waals surface area (Å²) in [6.45, 7) is 8.56. The topological polar surface area (TPSA) is 77.3 Å². The van der Waals surface area contributed by atoms with Gasteiger partial charge in [-0.15, -0.1) is 119 Å². The van der Waals surface area contributed by atoms with Crippen LogP contribution in [0.3, 0.4) is 0 Å². The summed E-state index contributed by atoms with van der Waals surface area (Å²) in [5.74, 6) is 0.510. The predicted octanol–water partition coefficient (Wildman–Crippen LogP) is 33.1. The Hall–Kier alpha value is -16.3. The third-order valence-corrected chi connectivity index (χ3v) is 25.9. The smallest absolute Gasteiger partial charge is 0.332 e. The fourth-order valence-electron chi connectivity index (χ4n) is 18.8. The van der Waals surface area contributed by atoms with E-state index in [4.69, 9.17) is 29.9 Å². The van der Waals surface area contributed by atoms with Crippen molar-refractivity contribution in [2.24, 2.45) is 0 Å². The van der Waals surface area contributed by atoms with E-state index < -0.39 is 0 Å². The molecule has 0 unspecified atom stereocenters. The summed E-state index contributed by atoms with van der Waals surface area (Å²) in [7, 11) is 0. The van der Waals surface area contributed by atoms with Crippen LogP contribution in [0.4, 0.5) is 0 Å². The van der Waals surface area contributed by atoms with Gasteiger partial charge in [-0.05, 0) is 215 Å². The van der Waals surface area contributed by atoms with Crippen LogP contribution in [0.25, 0.3) is 234 Å². The van der Waals surface area contributed by atoms with Crippen molar-refractivity contribution in [1.82, 2.24) is 29.9 Å². The Morgan fingerprint density at radius 3 is 0.638 bits per heavy atom. The SMILES string of the molecule is Cc1cc(-c2[c-]cc(-c3ccccc3-c3cc(-c4ccccc4-c4c[c-]c(-c5ncc(-c6ccccc6-c6cc(-c7ccccc7-c7c[c-]c(-c8cc(C)c(-c9ccccc9)cn8)cc7)cc(-c7ccccc7-c7c[c-]c(-c8cc(C)c(-c9ccccc9)cn8)cc7)c6)cn5)[c-]c4)cc(-c4ccccc4-c4c[c-]c(-c5cc(-c6ccccc6)c(C)cn5)cc4)c3)cc2)ncc1-c1ccccc1.[Ir+3].[Ir+3]. The summed E-state index contributed by atoms with van der Waals surface area (Å²) in [4.78, 5) is 30.1. The molecule has 0 aliphatic rings. The van der Waals surface area contributed by atoms with E-state index >= 15 is 0 Å². The van der Waals surface area contributed by atoms with E-state index in [0.29, 0.717) is 11.4 Å². The molecule has 0 spiro atoms. The van der Waals surface area contributed by atoms with E-state index in [1.807, 2.05) is 67.5 Å². The Labute approximate surface area is 833 Å². The molecule has 22 aromatic rings. The summed E-state index contributed by atoms with van der Waals surface area (Å²) in [5.41, 5.74) is 46.5. The van der Waals surface area contributed by atoms with Gasteiger partial charge in [-0.25, -0.2) is 17.7 Å². The maximum Gasteiger partial charge on any atom is 3.00 e. The van der Waals surface area contributed by atoms with Gasteiger partial charge in [0.1, 0.15) is 0 Å². The summed E-state index contributed by atoms with van der Waals surface area (Å²) < 4.78 is 0. The molecular weight excluding hydrogens is 2030 g/mol. The molecule has 0 N–H and O–H groups in total. The van der Waals surface area contributed by atoms with Crippen LogP contribution in [-0.2, 0) is 40.2 Å². The van der Waals surface area contributed by atoms with Crippen molar-refractivity contribution in [3.8, 4) is 234 Å². The quantitative estimate of drug-likeness (QED) is 0.0667. The first kappa shape index (κ1) is 89.6. The van der Waals surface area contributed by atoms with Crippen molar-refractivity contribution in [2.75, 3.05) is 0 Å². The average Bonchev–Trinajstić information content (AvgIpc) is 0.796. The largest absolute Gasteiger partial charge is 3.00 e. The van der Waals surface area contributed by atoms with E-state index in [2.05, 4.69) is 446 Å². The Kier molecular flexibility index (Phi) is 26.0. The van der Waals surface area contributed by atoms with Crippen LogP contribution in [0.5, 0.6) is 0 Å². The van der Waals surface area contributed by atoms with E-state index in [1.165, 1.54) is 0 Å². The Bertz CT molecular complexity index is 7960. The van der Waals surface area contributed by atoms with Crippen molar-refractivity contribution in [2.45, 2.75) is 27.7 Å². The number of rotatable bonds is 21. The van der Waals surface area contributed by atoms with Gasteiger partial charge in [-0.1, -0.05) is 341 Å². The molecule has 0 aliphatic carbocycles. The molecule has 0 saturated heterocycles. The second-order valence-corrected chi connectivity index (χ2v) is 34.5. The molecule has 17 aromatic carbocycles. The van der Waals surface area contributed by atoms with Crippen LogP contribution >= 0.6 is 0 Å². The number of nitrogens with zero attached hydrogens (tertiary/aromatic N) is 6. The third-order valence-electron chi connectivity index (χ3n) is 25.9. The molecule has 138 heavy (non-hydrogen) atoms. The van der Waals surface area contributed by atoms with Crippen LogP contribution in [0.15, 0.2) is 450 Å². The standard InChI is InChI=1S/C130H86N6.2Ir/c1-85-69-126(132-82-123(85)90-31-11-6-12-32-90)98-59-49-93(50-60-98)110-37-17-22-42-115(110)103-72-104(116-43-23-20-40-113(116)96-55-65-101(66-56-96)129-78-122(88(4)79-131-129)89-29-9-5-10-30-89)74-105(73-103)119-46-26-21-41-114(119)97-57-67-102(68-58-97)130-135-80-109(81-136-130)121-48-28-27-47-120(121)108-76-106(117-44-24-18-38-111(117)94-51-61-99(62-52-94)127-70-86(2)124(83-133-127)91-33-13-7-14-34-91)75-107(77-108)118-45-25-19-39-112(118)95-53-63-100(64-54-95)128-71-87(3)125(84-134-128)92-35-15-8-16-36-92;;/h5-59,61,63,65,69-84H,1-4H3;;/q-6;2*+3. The van der Waals surface area contributed by atoms with Gasteiger partial charge in [0.25, 0.3) is 0 Å². The van der Waals surface area contributed by atoms with Crippen molar-refractivity contribution < 1.29 is 40.2 Å². The number of aryl methyl sites for hydroxylation is 4.